The molecule has 0 spiro atoms. The number of benzene rings is 1. The van der Waals surface area contributed by atoms with Crippen LogP contribution in [-0.4, -0.2) is 48.8 Å². The maximum atomic E-state index is 13.1. The van der Waals surface area contributed by atoms with Crippen molar-refractivity contribution in [3.63, 3.8) is 0 Å². The average Bonchev–Trinajstić information content (AvgIpc) is 3.03. The normalized spacial score (nSPS) is 13.4. The first-order valence-corrected chi connectivity index (χ1v) is 16.6. The molecule has 0 aromatic heterocycles. The summed E-state index contributed by atoms with van der Waals surface area (Å²) in [6.45, 7) is 8.41. The molecule has 2 atom stereocenters. The van der Waals surface area contributed by atoms with Crippen LogP contribution in [0.4, 0.5) is 5.69 Å². The Morgan fingerprint density at radius 3 is 1.96 bits per heavy atom. The van der Waals surface area contributed by atoms with Crippen LogP contribution in [0.1, 0.15) is 102 Å². The molecule has 1 rings (SSSR count). The highest BCUT2D eigenvalue weighted by molar-refractivity contribution is 5.99. The highest BCUT2D eigenvalue weighted by Crippen LogP contribution is 2.23. The van der Waals surface area contributed by atoms with Gasteiger partial charge in [0.1, 0.15) is 23.5 Å². The van der Waals surface area contributed by atoms with Crippen LogP contribution in [0.3, 0.4) is 0 Å². The number of esters is 1. The molecule has 0 bridgehead atoms. The number of anilines is 1. The van der Waals surface area contributed by atoms with Crippen LogP contribution in [0.2, 0.25) is 0 Å². The third kappa shape index (κ3) is 18.2. The van der Waals surface area contributed by atoms with E-state index in [0.29, 0.717) is 25.1 Å². The van der Waals surface area contributed by atoms with Gasteiger partial charge in [-0.1, -0.05) is 88.5 Å². The van der Waals surface area contributed by atoms with Crippen LogP contribution in [0, 0.1) is 5.92 Å². The monoisotopic (exact) mass is 636 g/mol. The van der Waals surface area contributed by atoms with Crippen LogP contribution in [0.25, 0.3) is 0 Å². The molecule has 0 heterocycles. The number of nitrogens with one attached hydrogen (secondary N) is 2. The molecular weight excluding hydrogens is 580 g/mol. The zero-order valence-electron chi connectivity index (χ0n) is 28.5. The number of aromatic hydroxyl groups is 1. The Kier molecular flexibility index (Phi) is 22.1. The molecule has 8 heteroatoms. The number of methoxy groups -OCH3 is 1. The standard InChI is InChI=1S/C38H56N2O6/c1-6-8-9-10-11-12-13-14-15-16-17-18-19-20-21-22-23-24-27-46-35(7-2)37(43)40-33(28-30(3)4)36(42)39-31-25-26-34(41)32(29-31)38(44)45-5/h8-9,11-12,14-15,17-18,20-21,25-26,29-30,33,35,41H,6-7,10,13,16,19,22-24,27-28H2,1-5H3,(H,39,42)(H,40,43)/b9-8-,12-11-,15-14-,18-17-,21-20-. The number of phenolic OH excluding ortho intramolecular Hbond substituents is 1. The number of amides is 2. The average molecular weight is 637 g/mol. The molecule has 0 saturated heterocycles. The first-order chi connectivity index (χ1) is 22.2. The number of rotatable bonds is 23. The quantitative estimate of drug-likeness (QED) is 0.0481. The van der Waals surface area contributed by atoms with Crippen molar-refractivity contribution in [1.82, 2.24) is 5.32 Å². The topological polar surface area (TPSA) is 114 Å². The number of ether oxygens (including phenoxy) is 2. The Morgan fingerprint density at radius 2 is 1.41 bits per heavy atom. The van der Waals surface area contributed by atoms with Gasteiger partial charge in [-0.3, -0.25) is 9.59 Å². The number of carbonyl (C=O) groups is 3. The molecular formula is C38H56N2O6. The molecule has 0 saturated carbocycles. The van der Waals surface area contributed by atoms with E-state index in [1.54, 1.807) is 0 Å². The maximum Gasteiger partial charge on any atom is 0.341 e. The molecule has 8 nitrogen and oxygen atoms in total. The minimum atomic E-state index is -0.795. The summed E-state index contributed by atoms with van der Waals surface area (Å²) in [4.78, 5) is 38.0. The molecule has 1 aromatic rings. The van der Waals surface area contributed by atoms with E-state index in [1.807, 2.05) is 20.8 Å². The van der Waals surface area contributed by atoms with Gasteiger partial charge in [0.25, 0.3) is 0 Å². The second-order valence-electron chi connectivity index (χ2n) is 11.4. The Morgan fingerprint density at radius 1 is 0.826 bits per heavy atom. The van der Waals surface area contributed by atoms with Gasteiger partial charge in [-0.2, -0.15) is 0 Å². The zero-order chi connectivity index (χ0) is 34.0. The number of hydrogen-bond acceptors (Lipinski definition) is 6. The summed E-state index contributed by atoms with van der Waals surface area (Å²) in [7, 11) is 1.21. The van der Waals surface area contributed by atoms with E-state index in [4.69, 9.17) is 4.74 Å². The summed E-state index contributed by atoms with van der Waals surface area (Å²) < 4.78 is 10.6. The van der Waals surface area contributed by atoms with Crippen molar-refractivity contribution >= 4 is 23.5 Å². The Bertz CT molecular complexity index is 1180. The summed E-state index contributed by atoms with van der Waals surface area (Å²) in [6, 6.07) is 3.33. The number of hydrogen-bond donors (Lipinski definition) is 3. The first-order valence-electron chi connectivity index (χ1n) is 16.6. The van der Waals surface area contributed by atoms with E-state index in [1.165, 1.54) is 25.3 Å². The second-order valence-corrected chi connectivity index (χ2v) is 11.4. The van der Waals surface area contributed by atoms with Crippen molar-refractivity contribution in [3.05, 3.63) is 84.5 Å². The molecule has 1 aromatic carbocycles. The van der Waals surface area contributed by atoms with Crippen molar-refractivity contribution in [2.45, 2.75) is 104 Å². The molecule has 0 aliphatic heterocycles. The van der Waals surface area contributed by atoms with Gasteiger partial charge in [0, 0.05) is 12.3 Å². The SMILES string of the molecule is CC/C=C\C/C=C\C/C=C\C/C=C\C/C=C\CCCCOC(CC)C(=O)NC(CC(C)C)C(=O)Nc1ccc(O)c(C(=O)OC)c1. The van der Waals surface area contributed by atoms with Crippen molar-refractivity contribution in [1.29, 1.82) is 0 Å². The van der Waals surface area contributed by atoms with Gasteiger partial charge in [-0.05, 0) is 88.3 Å². The van der Waals surface area contributed by atoms with Crippen LogP contribution >= 0.6 is 0 Å². The third-order valence-electron chi connectivity index (χ3n) is 6.91. The number of unbranched alkanes of at least 4 members (excludes halogenated alkanes) is 2. The molecule has 0 aliphatic carbocycles. The van der Waals surface area contributed by atoms with E-state index < -0.39 is 24.0 Å². The van der Waals surface area contributed by atoms with Crippen molar-refractivity contribution in [2.24, 2.45) is 5.92 Å². The van der Waals surface area contributed by atoms with E-state index in [9.17, 15) is 19.5 Å². The Balaban J connectivity index is 2.40. The van der Waals surface area contributed by atoms with Gasteiger partial charge in [0.15, 0.2) is 0 Å². The number of phenols is 1. The largest absolute Gasteiger partial charge is 0.507 e. The number of carbonyl (C=O) groups excluding carboxylic acids is 3. The smallest absolute Gasteiger partial charge is 0.341 e. The zero-order valence-corrected chi connectivity index (χ0v) is 28.5. The van der Waals surface area contributed by atoms with E-state index in [0.717, 1.165) is 51.4 Å². The lowest BCUT2D eigenvalue weighted by Crippen LogP contribution is -2.48. The fourth-order valence-electron chi connectivity index (χ4n) is 4.42. The fourth-order valence-corrected chi connectivity index (χ4v) is 4.42. The fraction of sp³-hybridized carbons (Fsp3) is 0.500. The summed E-state index contributed by atoms with van der Waals surface area (Å²) in [6.07, 6.45) is 29.8. The Labute approximate surface area is 276 Å². The van der Waals surface area contributed by atoms with Crippen LogP contribution in [-0.2, 0) is 19.1 Å². The van der Waals surface area contributed by atoms with Crippen LogP contribution < -0.4 is 10.6 Å². The van der Waals surface area contributed by atoms with E-state index >= 15 is 0 Å². The maximum absolute atomic E-state index is 13.1. The highest BCUT2D eigenvalue weighted by Gasteiger charge is 2.26. The first kappa shape index (κ1) is 40.1. The predicted molar refractivity (Wildman–Crippen MR) is 188 cm³/mol. The summed E-state index contributed by atoms with van der Waals surface area (Å²) in [5, 5.41) is 15.5. The lowest BCUT2D eigenvalue weighted by molar-refractivity contribution is -0.136. The van der Waals surface area contributed by atoms with E-state index in [-0.39, 0.29) is 23.1 Å². The van der Waals surface area contributed by atoms with Crippen molar-refractivity contribution in [3.8, 4) is 5.75 Å². The lowest BCUT2D eigenvalue weighted by Gasteiger charge is -2.23. The summed E-state index contributed by atoms with van der Waals surface area (Å²) >= 11 is 0. The highest BCUT2D eigenvalue weighted by atomic mass is 16.5. The summed E-state index contributed by atoms with van der Waals surface area (Å²) in [5.74, 6) is -1.59. The van der Waals surface area contributed by atoms with Gasteiger partial charge in [0.2, 0.25) is 11.8 Å². The van der Waals surface area contributed by atoms with Crippen LogP contribution in [0.15, 0.2) is 79.0 Å². The van der Waals surface area contributed by atoms with Gasteiger partial charge < -0.3 is 25.2 Å². The Hall–Kier alpha value is -3.91. The number of allylic oxidation sites excluding steroid dienone is 10. The molecule has 0 fully saturated rings. The third-order valence-corrected chi connectivity index (χ3v) is 6.91. The molecule has 3 N–H and O–H groups in total. The van der Waals surface area contributed by atoms with Gasteiger partial charge in [0.05, 0.1) is 7.11 Å². The summed E-state index contributed by atoms with van der Waals surface area (Å²) in [5.41, 5.74) is 0.243. The van der Waals surface area contributed by atoms with E-state index in [2.05, 4.69) is 83.1 Å². The van der Waals surface area contributed by atoms with Gasteiger partial charge >= 0.3 is 5.97 Å². The van der Waals surface area contributed by atoms with Gasteiger partial charge in [-0.25, -0.2) is 4.79 Å². The predicted octanol–water partition coefficient (Wildman–Crippen LogP) is 8.37. The minimum Gasteiger partial charge on any atom is -0.507 e. The second kappa shape index (κ2) is 25.3. The molecule has 254 valence electrons. The molecule has 2 amide bonds. The molecule has 0 radical (unpaired) electrons. The lowest BCUT2D eigenvalue weighted by atomic mass is 10.0. The molecule has 46 heavy (non-hydrogen) atoms. The van der Waals surface area contributed by atoms with Crippen molar-refractivity contribution < 1.29 is 29.0 Å². The molecule has 0 aliphatic rings. The van der Waals surface area contributed by atoms with Crippen molar-refractivity contribution in [2.75, 3.05) is 19.0 Å². The minimum absolute atomic E-state index is 0.0643. The van der Waals surface area contributed by atoms with Crippen LogP contribution in [0.5, 0.6) is 5.75 Å². The van der Waals surface area contributed by atoms with Gasteiger partial charge in [-0.15, -0.1) is 0 Å². The molecule has 2 unspecified atom stereocenters.